The summed E-state index contributed by atoms with van der Waals surface area (Å²) >= 11 is 0. The van der Waals surface area contributed by atoms with Gasteiger partial charge in [-0.05, 0) is 72.8 Å². The summed E-state index contributed by atoms with van der Waals surface area (Å²) in [5.41, 5.74) is 1.14. The van der Waals surface area contributed by atoms with Crippen molar-refractivity contribution in [2.45, 2.75) is 0 Å². The fraction of sp³-hybridized carbons (Fsp3) is 0.0769. The Balaban J connectivity index is 0.000000286. The van der Waals surface area contributed by atoms with Gasteiger partial charge in [-0.1, -0.05) is 0 Å². The zero-order valence-corrected chi connectivity index (χ0v) is 20.0. The number of hydrogen-bond acceptors (Lipinski definition) is 8. The van der Waals surface area contributed by atoms with Gasteiger partial charge >= 0.3 is 35.8 Å². The van der Waals surface area contributed by atoms with Gasteiger partial charge in [0.05, 0.1) is 47.6 Å². The molecule has 0 amide bonds. The van der Waals surface area contributed by atoms with Gasteiger partial charge in [-0.25, -0.2) is 28.8 Å². The Morgan fingerprint density at radius 1 is 0.395 bits per heavy atom. The Labute approximate surface area is 215 Å². The van der Waals surface area contributed by atoms with E-state index in [9.17, 15) is 28.8 Å². The Hall–Kier alpha value is -5.52. The van der Waals surface area contributed by atoms with Crippen LogP contribution in [0.25, 0.3) is 0 Å². The molecule has 0 saturated heterocycles. The van der Waals surface area contributed by atoms with E-state index in [-0.39, 0.29) is 22.3 Å². The van der Waals surface area contributed by atoms with Crippen LogP contribution in [-0.4, -0.2) is 70.5 Å². The molecule has 198 valence electrons. The number of carboxylic acid groups (broad SMARTS) is 4. The largest absolute Gasteiger partial charge is 0.478 e. The van der Waals surface area contributed by atoms with E-state index in [4.69, 9.17) is 20.4 Å². The van der Waals surface area contributed by atoms with Crippen molar-refractivity contribution in [2.75, 3.05) is 14.2 Å². The van der Waals surface area contributed by atoms with Gasteiger partial charge in [0, 0.05) is 0 Å². The standard InChI is InChI=1S/C10H10O4.2C8H6O4/c1-13-9(11)7-3-5-8(6-4-7)10(12)14-2;2*9-7(10)5-1-2-6(4-3-5)8(11)12/h3-6H,1-2H3;2*1-4H,(H,9,10)(H,11,12). The van der Waals surface area contributed by atoms with Gasteiger partial charge in [0.15, 0.2) is 0 Å². The predicted octanol–water partition coefficient (Wildman–Crippen LogP) is 3.43. The Bertz CT molecular complexity index is 1120. The second-order valence-electron chi connectivity index (χ2n) is 6.94. The van der Waals surface area contributed by atoms with E-state index in [0.29, 0.717) is 11.1 Å². The number of benzene rings is 3. The van der Waals surface area contributed by atoms with E-state index < -0.39 is 35.8 Å². The Morgan fingerprint density at radius 2 is 0.553 bits per heavy atom. The molecule has 0 heterocycles. The van der Waals surface area contributed by atoms with E-state index in [1.165, 1.54) is 87.0 Å². The predicted molar refractivity (Wildman–Crippen MR) is 130 cm³/mol. The molecule has 0 fully saturated rings. The Morgan fingerprint density at radius 3 is 0.684 bits per heavy atom. The first-order valence-electron chi connectivity index (χ1n) is 10.3. The molecular formula is C26H22O12. The molecule has 4 N–H and O–H groups in total. The van der Waals surface area contributed by atoms with Crippen LogP contribution < -0.4 is 0 Å². The van der Waals surface area contributed by atoms with Gasteiger partial charge in [0.1, 0.15) is 0 Å². The van der Waals surface area contributed by atoms with E-state index >= 15 is 0 Å². The fourth-order valence-corrected chi connectivity index (χ4v) is 2.49. The van der Waals surface area contributed by atoms with Gasteiger partial charge in [-0.2, -0.15) is 0 Å². The van der Waals surface area contributed by atoms with Crippen LogP contribution in [0.2, 0.25) is 0 Å². The van der Waals surface area contributed by atoms with Crippen molar-refractivity contribution in [2.24, 2.45) is 0 Å². The van der Waals surface area contributed by atoms with Gasteiger partial charge < -0.3 is 29.9 Å². The summed E-state index contributed by atoms with van der Waals surface area (Å²) in [6.45, 7) is 0. The molecule has 0 aliphatic carbocycles. The molecule has 0 radical (unpaired) electrons. The van der Waals surface area contributed by atoms with Crippen LogP contribution in [-0.2, 0) is 9.47 Å². The molecule has 12 nitrogen and oxygen atoms in total. The molecule has 12 heteroatoms. The number of hydrogen-bond donors (Lipinski definition) is 4. The first-order valence-corrected chi connectivity index (χ1v) is 10.3. The van der Waals surface area contributed by atoms with Gasteiger partial charge in [-0.3, -0.25) is 0 Å². The minimum absolute atomic E-state index is 0.0833. The topological polar surface area (TPSA) is 202 Å². The van der Waals surface area contributed by atoms with Crippen LogP contribution in [0.5, 0.6) is 0 Å². The smallest absolute Gasteiger partial charge is 0.337 e. The van der Waals surface area contributed by atoms with Gasteiger partial charge in [0.2, 0.25) is 0 Å². The number of carbonyl (C=O) groups is 6. The minimum atomic E-state index is -1.06. The third-order valence-corrected chi connectivity index (χ3v) is 4.48. The van der Waals surface area contributed by atoms with Crippen molar-refractivity contribution in [1.29, 1.82) is 0 Å². The number of carboxylic acids is 4. The molecule has 0 spiro atoms. The van der Waals surface area contributed by atoms with E-state index in [2.05, 4.69) is 9.47 Å². The zero-order chi connectivity index (χ0) is 28.8. The van der Waals surface area contributed by atoms with Crippen LogP contribution in [0, 0.1) is 0 Å². The first kappa shape index (κ1) is 30.5. The maximum Gasteiger partial charge on any atom is 0.337 e. The number of ether oxygens (including phenoxy) is 2. The zero-order valence-electron chi connectivity index (χ0n) is 20.0. The highest BCUT2D eigenvalue weighted by Crippen LogP contribution is 2.07. The lowest BCUT2D eigenvalue weighted by Crippen LogP contribution is -2.04. The summed E-state index contributed by atoms with van der Waals surface area (Å²) in [5.74, 6) is -5.11. The first-order chi connectivity index (χ1) is 17.9. The fourth-order valence-electron chi connectivity index (χ4n) is 2.49. The highest BCUT2D eigenvalue weighted by atomic mass is 16.5. The van der Waals surface area contributed by atoms with Crippen molar-refractivity contribution in [3.8, 4) is 0 Å². The van der Waals surface area contributed by atoms with E-state index in [1.54, 1.807) is 0 Å². The summed E-state index contributed by atoms with van der Waals surface area (Å²) in [4.78, 5) is 63.4. The molecule has 0 aromatic heterocycles. The minimum Gasteiger partial charge on any atom is -0.478 e. The molecule has 0 aliphatic rings. The summed E-state index contributed by atoms with van der Waals surface area (Å²) in [6, 6.07) is 16.1. The SMILES string of the molecule is COC(=O)c1ccc(C(=O)OC)cc1.O=C(O)c1ccc(C(=O)O)cc1.O=C(O)c1ccc(C(=O)O)cc1. The van der Waals surface area contributed by atoms with E-state index in [1.807, 2.05) is 0 Å². The van der Waals surface area contributed by atoms with E-state index in [0.717, 1.165) is 0 Å². The average Bonchev–Trinajstić information content (AvgIpc) is 2.93. The summed E-state index contributed by atoms with van der Waals surface area (Å²) in [5, 5.41) is 33.9. The number of carbonyl (C=O) groups excluding carboxylic acids is 2. The molecule has 3 aromatic carbocycles. The third kappa shape index (κ3) is 9.62. The van der Waals surface area contributed by atoms with Crippen molar-refractivity contribution >= 4 is 35.8 Å². The van der Waals surface area contributed by atoms with Crippen LogP contribution in [0.1, 0.15) is 62.1 Å². The van der Waals surface area contributed by atoms with Crippen LogP contribution >= 0.6 is 0 Å². The molecule has 3 rings (SSSR count). The molecule has 38 heavy (non-hydrogen) atoms. The summed E-state index contributed by atoms with van der Waals surface area (Å²) < 4.78 is 9.02. The van der Waals surface area contributed by atoms with Crippen LogP contribution in [0.15, 0.2) is 72.8 Å². The monoisotopic (exact) mass is 526 g/mol. The van der Waals surface area contributed by atoms with Crippen molar-refractivity contribution in [3.63, 3.8) is 0 Å². The highest BCUT2D eigenvalue weighted by molar-refractivity contribution is 5.93. The molecular weight excluding hydrogens is 504 g/mol. The summed E-state index contributed by atoms with van der Waals surface area (Å²) in [6.07, 6.45) is 0. The lowest BCUT2D eigenvalue weighted by Gasteiger charge is -2.00. The lowest BCUT2D eigenvalue weighted by atomic mass is 10.1. The summed E-state index contributed by atoms with van der Waals surface area (Å²) in [7, 11) is 2.60. The normalized spacial score (nSPS) is 9.32. The van der Waals surface area contributed by atoms with Gasteiger partial charge in [-0.15, -0.1) is 0 Å². The molecule has 0 aliphatic heterocycles. The van der Waals surface area contributed by atoms with Crippen LogP contribution in [0.4, 0.5) is 0 Å². The van der Waals surface area contributed by atoms with Crippen LogP contribution in [0.3, 0.4) is 0 Å². The molecule has 0 unspecified atom stereocenters. The average molecular weight is 526 g/mol. The molecule has 3 aromatic rings. The number of rotatable bonds is 6. The van der Waals surface area contributed by atoms with Crippen molar-refractivity contribution in [1.82, 2.24) is 0 Å². The van der Waals surface area contributed by atoms with Gasteiger partial charge in [0.25, 0.3) is 0 Å². The van der Waals surface area contributed by atoms with Crippen molar-refractivity contribution < 1.29 is 58.7 Å². The molecule has 0 atom stereocenters. The molecule has 0 saturated carbocycles. The second-order valence-corrected chi connectivity index (χ2v) is 6.94. The van der Waals surface area contributed by atoms with Crippen molar-refractivity contribution in [3.05, 3.63) is 106 Å². The highest BCUT2D eigenvalue weighted by Gasteiger charge is 2.08. The lowest BCUT2D eigenvalue weighted by molar-refractivity contribution is 0.0586. The third-order valence-electron chi connectivity index (χ3n) is 4.48. The Kier molecular flexibility index (Phi) is 11.9. The quantitative estimate of drug-likeness (QED) is 0.341. The molecule has 0 bridgehead atoms. The second kappa shape index (κ2) is 14.8. The maximum atomic E-state index is 11.0. The number of esters is 2. The number of aromatic carboxylic acids is 4. The maximum absolute atomic E-state index is 11.0. The number of methoxy groups -OCH3 is 2.